The Kier molecular flexibility index (Phi) is 5.17. The van der Waals surface area contributed by atoms with Crippen molar-refractivity contribution >= 4 is 17.8 Å². The van der Waals surface area contributed by atoms with Crippen molar-refractivity contribution in [3.05, 3.63) is 0 Å². The van der Waals surface area contributed by atoms with E-state index in [1.807, 2.05) is 0 Å². The Morgan fingerprint density at radius 3 is 2.62 bits per heavy atom. The molecular weight excluding hydrogens is 274 g/mol. The van der Waals surface area contributed by atoms with Crippen LogP contribution in [-0.4, -0.2) is 41.5 Å². The molecule has 0 aromatic carbocycles. The summed E-state index contributed by atoms with van der Waals surface area (Å²) in [6.07, 6.45) is 4.37. The maximum absolute atomic E-state index is 11.9. The molecule has 7 heteroatoms. The van der Waals surface area contributed by atoms with Crippen molar-refractivity contribution in [3.63, 3.8) is 0 Å². The summed E-state index contributed by atoms with van der Waals surface area (Å²) in [5.74, 6) is -1.56. The molecule has 3 atom stereocenters. The highest BCUT2D eigenvalue weighted by molar-refractivity contribution is 5.87. The molecule has 2 fully saturated rings. The fourth-order valence-electron chi connectivity index (χ4n) is 2.66. The van der Waals surface area contributed by atoms with E-state index in [0.717, 1.165) is 19.3 Å². The zero-order chi connectivity index (χ0) is 15.4. The summed E-state index contributed by atoms with van der Waals surface area (Å²) in [5, 5.41) is 14.4. The molecule has 0 bridgehead atoms. The van der Waals surface area contributed by atoms with Crippen LogP contribution in [0.4, 0.5) is 0 Å². The Balaban J connectivity index is 1.86. The Labute approximate surface area is 123 Å². The molecule has 21 heavy (non-hydrogen) atoms. The number of amides is 2. The van der Waals surface area contributed by atoms with E-state index >= 15 is 0 Å². The zero-order valence-electron chi connectivity index (χ0n) is 12.0. The lowest BCUT2D eigenvalue weighted by molar-refractivity contribution is -0.143. The fourth-order valence-corrected chi connectivity index (χ4v) is 2.66. The predicted octanol–water partition coefficient (Wildman–Crippen LogP) is -0.400. The second-order valence-corrected chi connectivity index (χ2v) is 6.05. The van der Waals surface area contributed by atoms with Gasteiger partial charge in [0.15, 0.2) is 0 Å². The maximum atomic E-state index is 11.9. The minimum absolute atomic E-state index is 0.114. The van der Waals surface area contributed by atoms with Crippen molar-refractivity contribution in [2.45, 2.75) is 50.6 Å². The Morgan fingerprint density at radius 2 is 2.05 bits per heavy atom. The number of carbonyl (C=O) groups excluding carboxylic acids is 2. The molecule has 3 unspecified atom stereocenters. The molecule has 1 aliphatic heterocycles. The summed E-state index contributed by atoms with van der Waals surface area (Å²) in [4.78, 5) is 34.9. The molecule has 2 rings (SSSR count). The lowest BCUT2D eigenvalue weighted by Gasteiger charge is -2.25. The van der Waals surface area contributed by atoms with Crippen molar-refractivity contribution in [2.75, 3.05) is 6.54 Å². The van der Waals surface area contributed by atoms with Crippen LogP contribution in [0.25, 0.3) is 0 Å². The third-order valence-corrected chi connectivity index (χ3v) is 4.16. The first-order valence-corrected chi connectivity index (χ1v) is 7.54. The molecule has 1 aliphatic carbocycles. The third-order valence-electron chi connectivity index (χ3n) is 4.16. The minimum atomic E-state index is -1.12. The quantitative estimate of drug-likeness (QED) is 0.509. The van der Waals surface area contributed by atoms with Gasteiger partial charge in [-0.25, -0.2) is 4.79 Å². The SMILES string of the molecule is NC(CC1CC1)C(=O)NC(CC1CCCNC1=O)C(=O)O. The van der Waals surface area contributed by atoms with Crippen LogP contribution in [0.1, 0.15) is 38.5 Å². The van der Waals surface area contributed by atoms with Gasteiger partial charge in [0.25, 0.3) is 0 Å². The van der Waals surface area contributed by atoms with Gasteiger partial charge in [-0.15, -0.1) is 0 Å². The van der Waals surface area contributed by atoms with E-state index in [4.69, 9.17) is 5.73 Å². The molecule has 1 saturated carbocycles. The standard InChI is InChI=1S/C14H23N3O4/c15-10(6-8-3-4-8)13(19)17-11(14(20)21)7-9-2-1-5-16-12(9)18/h8-11H,1-7,15H2,(H,16,18)(H,17,19)(H,20,21). The monoisotopic (exact) mass is 297 g/mol. The molecule has 2 amide bonds. The number of hydrogen-bond acceptors (Lipinski definition) is 4. The molecule has 1 saturated heterocycles. The van der Waals surface area contributed by atoms with E-state index in [2.05, 4.69) is 10.6 Å². The van der Waals surface area contributed by atoms with Crippen molar-refractivity contribution in [3.8, 4) is 0 Å². The second-order valence-electron chi connectivity index (χ2n) is 6.05. The van der Waals surface area contributed by atoms with Crippen LogP contribution in [0.15, 0.2) is 0 Å². The molecule has 7 nitrogen and oxygen atoms in total. The van der Waals surface area contributed by atoms with Gasteiger partial charge in [0.05, 0.1) is 6.04 Å². The summed E-state index contributed by atoms with van der Waals surface area (Å²) >= 11 is 0. The number of nitrogens with one attached hydrogen (secondary N) is 2. The van der Waals surface area contributed by atoms with Gasteiger partial charge in [0.2, 0.25) is 11.8 Å². The minimum Gasteiger partial charge on any atom is -0.480 e. The Bertz CT molecular complexity index is 422. The van der Waals surface area contributed by atoms with Crippen LogP contribution in [-0.2, 0) is 14.4 Å². The highest BCUT2D eigenvalue weighted by atomic mass is 16.4. The molecule has 0 aromatic heterocycles. The average molecular weight is 297 g/mol. The van der Waals surface area contributed by atoms with Crippen LogP contribution in [0.5, 0.6) is 0 Å². The lowest BCUT2D eigenvalue weighted by atomic mass is 9.91. The van der Waals surface area contributed by atoms with Crippen LogP contribution in [0.3, 0.4) is 0 Å². The first-order chi connectivity index (χ1) is 9.97. The van der Waals surface area contributed by atoms with Crippen LogP contribution in [0.2, 0.25) is 0 Å². The van der Waals surface area contributed by atoms with Crippen LogP contribution < -0.4 is 16.4 Å². The van der Waals surface area contributed by atoms with E-state index in [1.54, 1.807) is 0 Å². The topological polar surface area (TPSA) is 122 Å². The molecule has 1 heterocycles. The number of carboxylic acids is 1. The number of carbonyl (C=O) groups is 3. The van der Waals surface area contributed by atoms with Crippen molar-refractivity contribution in [1.82, 2.24) is 10.6 Å². The van der Waals surface area contributed by atoms with Crippen molar-refractivity contribution in [2.24, 2.45) is 17.6 Å². The predicted molar refractivity (Wildman–Crippen MR) is 75.2 cm³/mol. The van der Waals surface area contributed by atoms with Gasteiger partial charge in [0.1, 0.15) is 6.04 Å². The first kappa shape index (κ1) is 15.8. The molecule has 2 aliphatic rings. The molecule has 5 N–H and O–H groups in total. The average Bonchev–Trinajstić information content (AvgIpc) is 3.23. The van der Waals surface area contributed by atoms with Gasteiger partial charge >= 0.3 is 5.97 Å². The van der Waals surface area contributed by atoms with E-state index in [-0.39, 0.29) is 18.2 Å². The normalized spacial score (nSPS) is 24.8. The lowest BCUT2D eigenvalue weighted by Crippen LogP contribution is -2.50. The highest BCUT2D eigenvalue weighted by Gasteiger charge is 2.32. The van der Waals surface area contributed by atoms with Crippen molar-refractivity contribution < 1.29 is 19.5 Å². The first-order valence-electron chi connectivity index (χ1n) is 7.54. The van der Waals surface area contributed by atoms with Gasteiger partial charge in [0, 0.05) is 12.5 Å². The number of carboxylic acid groups (broad SMARTS) is 1. The summed E-state index contributed by atoms with van der Waals surface area (Å²) in [7, 11) is 0. The molecule has 118 valence electrons. The molecule has 0 radical (unpaired) electrons. The molecular formula is C14H23N3O4. The molecule has 0 spiro atoms. The second kappa shape index (κ2) is 6.89. The van der Waals surface area contributed by atoms with Gasteiger partial charge in [-0.3, -0.25) is 9.59 Å². The van der Waals surface area contributed by atoms with Crippen LogP contribution in [0, 0.1) is 11.8 Å². The Morgan fingerprint density at radius 1 is 1.33 bits per heavy atom. The van der Waals surface area contributed by atoms with Gasteiger partial charge in [-0.1, -0.05) is 12.8 Å². The number of rotatable bonds is 7. The highest BCUT2D eigenvalue weighted by Crippen LogP contribution is 2.33. The third kappa shape index (κ3) is 4.70. The van der Waals surface area contributed by atoms with E-state index < -0.39 is 24.0 Å². The Hall–Kier alpha value is -1.63. The number of aliphatic carboxylic acids is 1. The summed E-state index contributed by atoms with van der Waals surface area (Å²) in [5.41, 5.74) is 5.78. The maximum Gasteiger partial charge on any atom is 0.326 e. The van der Waals surface area contributed by atoms with E-state index in [1.165, 1.54) is 0 Å². The largest absolute Gasteiger partial charge is 0.480 e. The number of nitrogens with two attached hydrogens (primary N) is 1. The van der Waals surface area contributed by atoms with Gasteiger partial charge < -0.3 is 21.5 Å². The smallest absolute Gasteiger partial charge is 0.326 e. The van der Waals surface area contributed by atoms with Crippen LogP contribution >= 0.6 is 0 Å². The van der Waals surface area contributed by atoms with E-state index in [0.29, 0.717) is 25.3 Å². The zero-order valence-corrected chi connectivity index (χ0v) is 12.0. The number of hydrogen-bond donors (Lipinski definition) is 4. The van der Waals surface area contributed by atoms with Gasteiger partial charge in [-0.2, -0.15) is 0 Å². The molecule has 0 aromatic rings. The van der Waals surface area contributed by atoms with Gasteiger partial charge in [-0.05, 0) is 31.6 Å². The van der Waals surface area contributed by atoms with Crippen molar-refractivity contribution in [1.29, 1.82) is 0 Å². The van der Waals surface area contributed by atoms with E-state index in [9.17, 15) is 19.5 Å². The summed E-state index contributed by atoms with van der Waals surface area (Å²) in [6, 6.07) is -1.73. The fraction of sp³-hybridized carbons (Fsp3) is 0.786. The summed E-state index contributed by atoms with van der Waals surface area (Å²) < 4.78 is 0. The summed E-state index contributed by atoms with van der Waals surface area (Å²) in [6.45, 7) is 0.631. The number of piperidine rings is 1.